The Kier molecular flexibility index (Phi) is 3.96. The molecule has 2 rings (SSSR count). The smallest absolute Gasteiger partial charge is 0.248 e. The number of benzene rings is 1. The van der Waals surface area contributed by atoms with E-state index in [1.54, 1.807) is 0 Å². The zero-order valence-corrected chi connectivity index (χ0v) is 11.8. The van der Waals surface area contributed by atoms with Crippen molar-refractivity contribution >= 4 is 21.6 Å². The molecule has 1 aromatic rings. The molecule has 0 aliphatic heterocycles. The van der Waals surface area contributed by atoms with E-state index in [-0.39, 0.29) is 18.3 Å². The molecule has 0 heterocycles. The summed E-state index contributed by atoms with van der Waals surface area (Å²) >= 11 is 0. The minimum absolute atomic E-state index is 0.136. The standard InChI is InChI=1S/C12H16FN3O3S/c1-16(7-11(17)15-8-5-6-8)20(18,19)12-9(13)3-2-4-10(12)14/h2-4,8H,5-7,14H2,1H3,(H,15,17). The van der Waals surface area contributed by atoms with E-state index >= 15 is 0 Å². The first-order valence-corrected chi connectivity index (χ1v) is 7.56. The minimum atomic E-state index is -4.14. The van der Waals surface area contributed by atoms with E-state index in [1.807, 2.05) is 0 Å². The molecule has 1 aliphatic carbocycles. The van der Waals surface area contributed by atoms with E-state index in [1.165, 1.54) is 19.2 Å². The van der Waals surface area contributed by atoms with Crippen molar-refractivity contribution < 1.29 is 17.6 Å². The van der Waals surface area contributed by atoms with Crippen LogP contribution in [0.3, 0.4) is 0 Å². The number of nitrogen functional groups attached to an aromatic ring is 1. The van der Waals surface area contributed by atoms with Crippen molar-refractivity contribution in [2.45, 2.75) is 23.8 Å². The molecule has 1 amide bonds. The third-order valence-corrected chi connectivity index (χ3v) is 4.87. The van der Waals surface area contributed by atoms with Crippen LogP contribution in [0.5, 0.6) is 0 Å². The highest BCUT2D eigenvalue weighted by atomic mass is 32.2. The maximum absolute atomic E-state index is 13.7. The average molecular weight is 301 g/mol. The number of sulfonamides is 1. The summed E-state index contributed by atoms with van der Waals surface area (Å²) in [5.74, 6) is -1.34. The van der Waals surface area contributed by atoms with Gasteiger partial charge in [0.25, 0.3) is 0 Å². The first-order chi connectivity index (χ1) is 9.32. The highest BCUT2D eigenvalue weighted by Crippen LogP contribution is 2.24. The Hall–Kier alpha value is -1.67. The van der Waals surface area contributed by atoms with Crippen LogP contribution < -0.4 is 11.1 Å². The zero-order chi connectivity index (χ0) is 14.9. The number of nitrogens with two attached hydrogens (primary N) is 1. The van der Waals surface area contributed by atoms with E-state index in [9.17, 15) is 17.6 Å². The molecule has 20 heavy (non-hydrogen) atoms. The molecule has 0 atom stereocenters. The summed E-state index contributed by atoms with van der Waals surface area (Å²) in [4.78, 5) is 11.0. The molecule has 1 aromatic carbocycles. The van der Waals surface area contributed by atoms with E-state index in [0.29, 0.717) is 0 Å². The second-order valence-corrected chi connectivity index (χ2v) is 6.74. The average Bonchev–Trinajstić information content (AvgIpc) is 3.11. The van der Waals surface area contributed by atoms with E-state index < -0.39 is 26.6 Å². The maximum atomic E-state index is 13.7. The lowest BCUT2D eigenvalue weighted by Gasteiger charge is -2.18. The maximum Gasteiger partial charge on any atom is 0.248 e. The van der Waals surface area contributed by atoms with Crippen LogP contribution >= 0.6 is 0 Å². The molecule has 8 heteroatoms. The van der Waals surface area contributed by atoms with Crippen LogP contribution in [0.2, 0.25) is 0 Å². The van der Waals surface area contributed by atoms with Gasteiger partial charge < -0.3 is 11.1 Å². The number of likely N-dealkylation sites (N-methyl/N-ethyl adjacent to an activating group) is 1. The van der Waals surface area contributed by atoms with Crippen LogP contribution in [0.4, 0.5) is 10.1 Å². The van der Waals surface area contributed by atoms with Gasteiger partial charge in [0.15, 0.2) is 0 Å². The molecule has 0 aromatic heterocycles. The van der Waals surface area contributed by atoms with E-state index in [4.69, 9.17) is 5.73 Å². The number of carbonyl (C=O) groups excluding carboxylic acids is 1. The molecule has 0 unspecified atom stereocenters. The van der Waals surface area contributed by atoms with E-state index in [0.717, 1.165) is 23.2 Å². The van der Waals surface area contributed by atoms with Crippen molar-refractivity contribution in [3.63, 3.8) is 0 Å². The Labute approximate surface area is 116 Å². The second-order valence-electron chi connectivity index (χ2n) is 4.76. The van der Waals surface area contributed by atoms with Gasteiger partial charge in [-0.2, -0.15) is 4.31 Å². The fourth-order valence-electron chi connectivity index (χ4n) is 1.74. The molecule has 0 saturated heterocycles. The molecule has 0 radical (unpaired) electrons. The van der Waals surface area contributed by atoms with Crippen LogP contribution in [0.25, 0.3) is 0 Å². The van der Waals surface area contributed by atoms with Crippen molar-refractivity contribution in [1.82, 2.24) is 9.62 Å². The van der Waals surface area contributed by atoms with Crippen LogP contribution in [0, 0.1) is 5.82 Å². The molecular formula is C12H16FN3O3S. The summed E-state index contributed by atoms with van der Waals surface area (Å²) in [5.41, 5.74) is 5.34. The summed E-state index contributed by atoms with van der Waals surface area (Å²) in [6.07, 6.45) is 1.81. The van der Waals surface area contributed by atoms with Gasteiger partial charge in [-0.25, -0.2) is 12.8 Å². The van der Waals surface area contributed by atoms with Crippen molar-refractivity contribution in [2.75, 3.05) is 19.3 Å². The minimum Gasteiger partial charge on any atom is -0.398 e. The number of hydrogen-bond donors (Lipinski definition) is 2. The van der Waals surface area contributed by atoms with Crippen molar-refractivity contribution in [2.24, 2.45) is 0 Å². The van der Waals surface area contributed by atoms with Gasteiger partial charge in [0.1, 0.15) is 10.7 Å². The van der Waals surface area contributed by atoms with Gasteiger partial charge in [-0.05, 0) is 25.0 Å². The first-order valence-electron chi connectivity index (χ1n) is 6.12. The second kappa shape index (κ2) is 5.37. The fourth-order valence-corrected chi connectivity index (χ4v) is 3.02. The van der Waals surface area contributed by atoms with Gasteiger partial charge in [-0.3, -0.25) is 4.79 Å². The van der Waals surface area contributed by atoms with Gasteiger partial charge in [0.05, 0.1) is 12.2 Å². The fraction of sp³-hybridized carbons (Fsp3) is 0.417. The topological polar surface area (TPSA) is 92.5 Å². The summed E-state index contributed by atoms with van der Waals surface area (Å²) in [7, 11) is -2.92. The van der Waals surface area contributed by atoms with Crippen LogP contribution in [0.1, 0.15) is 12.8 Å². The third-order valence-electron chi connectivity index (χ3n) is 2.97. The summed E-state index contributed by atoms with van der Waals surface area (Å²) in [5, 5.41) is 2.67. The molecule has 110 valence electrons. The van der Waals surface area contributed by atoms with Crippen LogP contribution in [0.15, 0.2) is 23.1 Å². The highest BCUT2D eigenvalue weighted by molar-refractivity contribution is 7.89. The molecule has 0 bridgehead atoms. The zero-order valence-electron chi connectivity index (χ0n) is 11.0. The normalized spacial score (nSPS) is 15.3. The van der Waals surface area contributed by atoms with Gasteiger partial charge in [-0.15, -0.1) is 0 Å². The highest BCUT2D eigenvalue weighted by Gasteiger charge is 2.30. The molecule has 1 saturated carbocycles. The number of rotatable bonds is 5. The Bertz CT molecular complexity index is 609. The molecule has 1 aliphatic rings. The molecule has 0 spiro atoms. The van der Waals surface area contributed by atoms with Crippen molar-refractivity contribution in [3.05, 3.63) is 24.0 Å². The number of halogens is 1. The van der Waals surface area contributed by atoms with Gasteiger partial charge >= 0.3 is 0 Å². The number of carbonyl (C=O) groups is 1. The van der Waals surface area contributed by atoms with Gasteiger partial charge in [-0.1, -0.05) is 6.07 Å². The lowest BCUT2D eigenvalue weighted by Crippen LogP contribution is -2.39. The summed E-state index contributed by atoms with van der Waals surface area (Å²) in [6, 6.07) is 3.77. The number of hydrogen-bond acceptors (Lipinski definition) is 4. The Morgan fingerprint density at radius 3 is 2.70 bits per heavy atom. The largest absolute Gasteiger partial charge is 0.398 e. The van der Waals surface area contributed by atoms with Gasteiger partial charge in [0.2, 0.25) is 15.9 Å². The number of amides is 1. The molecule has 1 fully saturated rings. The first kappa shape index (κ1) is 14.7. The Balaban J connectivity index is 2.18. The number of anilines is 1. The predicted molar refractivity (Wildman–Crippen MR) is 71.8 cm³/mol. The van der Waals surface area contributed by atoms with Crippen molar-refractivity contribution in [3.8, 4) is 0 Å². The predicted octanol–water partition coefficient (Wildman–Crippen LogP) is 0.307. The van der Waals surface area contributed by atoms with Gasteiger partial charge in [0, 0.05) is 13.1 Å². The summed E-state index contributed by atoms with van der Waals surface area (Å²) in [6.45, 7) is -0.368. The lowest BCUT2D eigenvalue weighted by atomic mass is 10.3. The molecule has 3 N–H and O–H groups in total. The quantitative estimate of drug-likeness (QED) is 0.765. The molecule has 6 nitrogen and oxygen atoms in total. The van der Waals surface area contributed by atoms with Crippen LogP contribution in [-0.4, -0.2) is 38.3 Å². The van der Waals surface area contributed by atoms with Crippen molar-refractivity contribution in [1.29, 1.82) is 0 Å². The summed E-state index contributed by atoms with van der Waals surface area (Å²) < 4.78 is 38.9. The van der Waals surface area contributed by atoms with E-state index in [2.05, 4.69) is 5.32 Å². The monoisotopic (exact) mass is 301 g/mol. The number of nitrogens with zero attached hydrogens (tertiary/aromatic N) is 1. The van der Waals surface area contributed by atoms with Crippen LogP contribution in [-0.2, 0) is 14.8 Å². The SMILES string of the molecule is CN(CC(=O)NC1CC1)S(=O)(=O)c1c(N)cccc1F. The third kappa shape index (κ3) is 3.07. The lowest BCUT2D eigenvalue weighted by molar-refractivity contribution is -0.121. The number of nitrogens with one attached hydrogen (secondary N) is 1. The molecular weight excluding hydrogens is 285 g/mol. The Morgan fingerprint density at radius 1 is 1.50 bits per heavy atom. The Morgan fingerprint density at radius 2 is 2.15 bits per heavy atom.